The van der Waals surface area contributed by atoms with Crippen LogP contribution >= 0.6 is 0 Å². The van der Waals surface area contributed by atoms with Crippen molar-refractivity contribution in [2.24, 2.45) is 0 Å². The van der Waals surface area contributed by atoms with Gasteiger partial charge in [0.15, 0.2) is 5.82 Å². The van der Waals surface area contributed by atoms with Crippen molar-refractivity contribution < 1.29 is 4.74 Å². The lowest BCUT2D eigenvalue weighted by molar-refractivity contribution is 0.195. The standard InChI is InChI=1S/C16H26N4O/c1-2-3-4-7-14-19-13-6-5-9-17-15(13)16(20-14)18-12-8-10-21-11-12/h12,17H,2-11H2,1H3,(H,18,19,20). The van der Waals surface area contributed by atoms with Crippen molar-refractivity contribution in [3.8, 4) is 0 Å². The van der Waals surface area contributed by atoms with Crippen molar-refractivity contribution in [2.75, 3.05) is 30.4 Å². The van der Waals surface area contributed by atoms with Crippen molar-refractivity contribution in [2.45, 2.75) is 57.9 Å². The number of nitrogens with zero attached hydrogens (tertiary/aromatic N) is 2. The van der Waals surface area contributed by atoms with Gasteiger partial charge in [0.1, 0.15) is 5.82 Å². The van der Waals surface area contributed by atoms with Crippen LogP contribution in [0.15, 0.2) is 0 Å². The highest BCUT2D eigenvalue weighted by atomic mass is 16.5. The Morgan fingerprint density at radius 2 is 2.29 bits per heavy atom. The summed E-state index contributed by atoms with van der Waals surface area (Å²) < 4.78 is 5.46. The Bertz CT molecular complexity index is 472. The number of hydrogen-bond acceptors (Lipinski definition) is 5. The van der Waals surface area contributed by atoms with Crippen LogP contribution in [0.3, 0.4) is 0 Å². The van der Waals surface area contributed by atoms with E-state index >= 15 is 0 Å². The second-order valence-corrected chi connectivity index (χ2v) is 6.00. The molecule has 1 saturated heterocycles. The second kappa shape index (κ2) is 7.07. The number of nitrogens with one attached hydrogen (secondary N) is 2. The first-order valence-electron chi connectivity index (χ1n) is 8.34. The molecule has 1 aromatic rings. The molecule has 2 N–H and O–H groups in total. The summed E-state index contributed by atoms with van der Waals surface area (Å²) in [5, 5.41) is 7.03. The van der Waals surface area contributed by atoms with E-state index in [4.69, 9.17) is 14.7 Å². The number of ether oxygens (including phenoxy) is 1. The van der Waals surface area contributed by atoms with Crippen molar-refractivity contribution in [1.82, 2.24) is 9.97 Å². The highest BCUT2D eigenvalue weighted by Crippen LogP contribution is 2.29. The predicted molar refractivity (Wildman–Crippen MR) is 84.9 cm³/mol. The molecule has 1 atom stereocenters. The van der Waals surface area contributed by atoms with Crippen LogP contribution in [0.4, 0.5) is 11.5 Å². The average Bonchev–Trinajstić information content (AvgIpc) is 3.01. The normalized spacial score (nSPS) is 20.9. The molecule has 1 unspecified atom stereocenters. The van der Waals surface area contributed by atoms with E-state index in [2.05, 4.69) is 17.6 Å². The van der Waals surface area contributed by atoms with Gasteiger partial charge in [0.05, 0.1) is 24.0 Å². The zero-order valence-corrected chi connectivity index (χ0v) is 13.0. The Hall–Kier alpha value is -1.36. The molecule has 3 heterocycles. The SMILES string of the molecule is CCCCCc1nc2c(c(NC3CCOC3)n1)NCCC2. The van der Waals surface area contributed by atoms with Gasteiger partial charge >= 0.3 is 0 Å². The van der Waals surface area contributed by atoms with Crippen LogP contribution in [-0.2, 0) is 17.6 Å². The van der Waals surface area contributed by atoms with E-state index < -0.39 is 0 Å². The first-order valence-corrected chi connectivity index (χ1v) is 8.34. The summed E-state index contributed by atoms with van der Waals surface area (Å²) in [6.45, 7) is 4.87. The average molecular weight is 290 g/mol. The van der Waals surface area contributed by atoms with Crippen LogP contribution in [0.25, 0.3) is 0 Å². The molecule has 5 heteroatoms. The Morgan fingerprint density at radius 3 is 3.10 bits per heavy atom. The van der Waals surface area contributed by atoms with Crippen LogP contribution in [0.2, 0.25) is 0 Å². The lowest BCUT2D eigenvalue weighted by Crippen LogP contribution is -2.24. The van der Waals surface area contributed by atoms with Crippen LogP contribution in [0.1, 0.15) is 50.5 Å². The highest BCUT2D eigenvalue weighted by molar-refractivity contribution is 5.68. The highest BCUT2D eigenvalue weighted by Gasteiger charge is 2.21. The summed E-state index contributed by atoms with van der Waals surface area (Å²) in [7, 11) is 0. The van der Waals surface area contributed by atoms with Crippen molar-refractivity contribution >= 4 is 11.5 Å². The van der Waals surface area contributed by atoms with E-state index in [-0.39, 0.29) is 0 Å². The maximum atomic E-state index is 5.46. The molecular formula is C16H26N4O. The van der Waals surface area contributed by atoms with E-state index in [0.717, 1.165) is 62.8 Å². The van der Waals surface area contributed by atoms with Gasteiger partial charge in [-0.3, -0.25) is 0 Å². The number of hydrogen-bond donors (Lipinski definition) is 2. The molecule has 0 bridgehead atoms. The van der Waals surface area contributed by atoms with Gasteiger partial charge in [-0.15, -0.1) is 0 Å². The molecular weight excluding hydrogens is 264 g/mol. The summed E-state index contributed by atoms with van der Waals surface area (Å²) in [6.07, 6.45) is 7.91. The fraction of sp³-hybridized carbons (Fsp3) is 0.750. The maximum Gasteiger partial charge on any atom is 0.153 e. The van der Waals surface area contributed by atoms with Crippen LogP contribution in [0, 0.1) is 0 Å². The molecule has 0 aliphatic carbocycles. The van der Waals surface area contributed by atoms with Gasteiger partial charge in [-0.05, 0) is 25.7 Å². The Balaban J connectivity index is 1.78. The Labute approximate surface area is 126 Å². The summed E-state index contributed by atoms with van der Waals surface area (Å²) >= 11 is 0. The molecule has 1 fully saturated rings. The molecule has 0 radical (unpaired) electrons. The third-order valence-electron chi connectivity index (χ3n) is 4.20. The molecule has 0 amide bonds. The van der Waals surface area contributed by atoms with Gasteiger partial charge in [0.2, 0.25) is 0 Å². The number of rotatable bonds is 6. The zero-order valence-electron chi connectivity index (χ0n) is 13.0. The van der Waals surface area contributed by atoms with Gasteiger partial charge < -0.3 is 15.4 Å². The third-order valence-corrected chi connectivity index (χ3v) is 4.20. The molecule has 0 saturated carbocycles. The summed E-state index contributed by atoms with van der Waals surface area (Å²) in [5.41, 5.74) is 2.30. The predicted octanol–water partition coefficient (Wildman–Crippen LogP) is 2.77. The van der Waals surface area contributed by atoms with Crippen LogP contribution < -0.4 is 10.6 Å². The number of fused-ring (bicyclic) bond motifs is 1. The van der Waals surface area contributed by atoms with Gasteiger partial charge in [0.25, 0.3) is 0 Å². The molecule has 2 aliphatic rings. The fourth-order valence-electron chi connectivity index (χ4n) is 2.99. The molecule has 3 rings (SSSR count). The summed E-state index contributed by atoms with van der Waals surface area (Å²) in [5.74, 6) is 1.98. The minimum Gasteiger partial charge on any atom is -0.381 e. The number of aromatic nitrogens is 2. The van der Waals surface area contributed by atoms with E-state index in [9.17, 15) is 0 Å². The van der Waals surface area contributed by atoms with Crippen LogP contribution in [0.5, 0.6) is 0 Å². The second-order valence-electron chi connectivity index (χ2n) is 6.00. The topological polar surface area (TPSA) is 59.1 Å². The molecule has 0 aromatic carbocycles. The molecule has 116 valence electrons. The summed E-state index contributed by atoms with van der Waals surface area (Å²) in [6, 6.07) is 0.385. The largest absolute Gasteiger partial charge is 0.381 e. The van der Waals surface area contributed by atoms with Crippen LogP contribution in [-0.4, -0.2) is 35.8 Å². The monoisotopic (exact) mass is 290 g/mol. The van der Waals surface area contributed by atoms with Crippen molar-refractivity contribution in [3.05, 3.63) is 11.5 Å². The van der Waals surface area contributed by atoms with Crippen molar-refractivity contribution in [3.63, 3.8) is 0 Å². The summed E-state index contributed by atoms with van der Waals surface area (Å²) in [4.78, 5) is 9.56. The Morgan fingerprint density at radius 1 is 1.33 bits per heavy atom. The van der Waals surface area contributed by atoms with Gasteiger partial charge in [-0.1, -0.05) is 19.8 Å². The lowest BCUT2D eigenvalue weighted by Gasteiger charge is -2.23. The van der Waals surface area contributed by atoms with Crippen molar-refractivity contribution in [1.29, 1.82) is 0 Å². The Kier molecular flexibility index (Phi) is 4.91. The molecule has 1 aromatic heterocycles. The first kappa shape index (κ1) is 14.6. The maximum absolute atomic E-state index is 5.46. The van der Waals surface area contributed by atoms with Gasteiger partial charge in [0, 0.05) is 19.6 Å². The smallest absolute Gasteiger partial charge is 0.153 e. The quantitative estimate of drug-likeness (QED) is 0.789. The van der Waals surface area contributed by atoms with E-state index in [1.54, 1.807) is 0 Å². The lowest BCUT2D eigenvalue weighted by atomic mass is 10.1. The number of anilines is 2. The van der Waals surface area contributed by atoms with E-state index in [1.165, 1.54) is 25.0 Å². The van der Waals surface area contributed by atoms with E-state index in [1.807, 2.05) is 0 Å². The molecule has 5 nitrogen and oxygen atoms in total. The molecule has 2 aliphatic heterocycles. The fourth-order valence-corrected chi connectivity index (χ4v) is 2.99. The molecule has 0 spiro atoms. The number of aryl methyl sites for hydroxylation is 2. The zero-order chi connectivity index (χ0) is 14.5. The minimum absolute atomic E-state index is 0.385. The number of unbranched alkanes of at least 4 members (excludes halogenated alkanes) is 2. The van der Waals surface area contributed by atoms with E-state index in [0.29, 0.717) is 6.04 Å². The minimum atomic E-state index is 0.385. The molecule has 21 heavy (non-hydrogen) atoms. The van der Waals surface area contributed by atoms with Gasteiger partial charge in [-0.2, -0.15) is 0 Å². The van der Waals surface area contributed by atoms with Gasteiger partial charge in [-0.25, -0.2) is 9.97 Å². The first-order chi connectivity index (χ1) is 10.4. The third kappa shape index (κ3) is 3.64.